The number of ether oxygens (including phenoxy) is 2. The normalized spacial score (nSPS) is 12.0. The van der Waals surface area contributed by atoms with Crippen LogP contribution < -0.4 is 10.1 Å². The predicted octanol–water partition coefficient (Wildman–Crippen LogP) is 6.99. The van der Waals surface area contributed by atoms with E-state index in [4.69, 9.17) is 13.9 Å². The summed E-state index contributed by atoms with van der Waals surface area (Å²) in [6.07, 6.45) is 4.40. The zero-order valence-electron chi connectivity index (χ0n) is 20.9. The molecule has 0 saturated carbocycles. The van der Waals surface area contributed by atoms with E-state index in [1.807, 2.05) is 45.9 Å². The van der Waals surface area contributed by atoms with Gasteiger partial charge < -0.3 is 19.2 Å². The van der Waals surface area contributed by atoms with Crippen LogP contribution in [0.1, 0.15) is 39.7 Å². The van der Waals surface area contributed by atoms with E-state index in [1.54, 1.807) is 12.3 Å². The van der Waals surface area contributed by atoms with Gasteiger partial charge in [-0.15, -0.1) is 0 Å². The number of carbonyl (C=O) groups excluding carboxylic acids is 1. The summed E-state index contributed by atoms with van der Waals surface area (Å²) in [4.78, 5) is 12.6. The summed E-state index contributed by atoms with van der Waals surface area (Å²) in [5, 5.41) is 6.27. The number of allylic oxidation sites excluding steroid dienone is 1. The minimum absolute atomic E-state index is 0.129. The molecule has 0 aliphatic rings. The molecule has 4 aromatic rings. The fourth-order valence-electron chi connectivity index (χ4n) is 4.24. The molecule has 1 N–H and O–H groups in total. The summed E-state index contributed by atoms with van der Waals surface area (Å²) < 4.78 is 17.4. The third-order valence-electron chi connectivity index (χ3n) is 5.90. The molecule has 0 saturated heterocycles. The monoisotopic (exact) mass is 471 g/mol. The Bertz CT molecular complexity index is 1340. The number of carbonyl (C=O) groups is 1. The van der Waals surface area contributed by atoms with E-state index in [1.165, 1.54) is 10.8 Å². The van der Waals surface area contributed by atoms with Crippen LogP contribution in [-0.2, 0) is 9.53 Å². The number of benzene rings is 3. The quantitative estimate of drug-likeness (QED) is 0.200. The molecule has 35 heavy (non-hydrogen) atoms. The zero-order valence-corrected chi connectivity index (χ0v) is 20.9. The summed E-state index contributed by atoms with van der Waals surface area (Å²) in [5.41, 5.74) is 4.59. The van der Waals surface area contributed by atoms with Crippen molar-refractivity contribution >= 4 is 33.2 Å². The van der Waals surface area contributed by atoms with Crippen LogP contribution in [0.5, 0.6) is 5.75 Å². The van der Waals surface area contributed by atoms with Gasteiger partial charge >= 0.3 is 0 Å². The van der Waals surface area contributed by atoms with Crippen LogP contribution in [0.15, 0.2) is 71.4 Å². The molecule has 5 heteroatoms. The molecule has 4 rings (SSSR count). The standard InChI is InChI=1S/C30H33NO4/c1-5-33-28-18-29-26(17-25(28)21(4)16-30(32)31-14-9-15-34-20(2)3)27(19-35-29)24-13-8-11-22-10-6-7-12-23(22)24/h6-8,10-13,16-20H,5,9,14-15H2,1-4H3,(H,31,32)/b21-16+. The lowest BCUT2D eigenvalue weighted by Gasteiger charge is -2.12. The number of fused-ring (bicyclic) bond motifs is 2. The van der Waals surface area contributed by atoms with Gasteiger partial charge in [0.2, 0.25) is 5.91 Å². The average Bonchev–Trinajstić information content (AvgIpc) is 3.25. The Labute approximate surface area is 206 Å². The number of hydrogen-bond donors (Lipinski definition) is 1. The fraction of sp³-hybridized carbons (Fsp3) is 0.300. The molecule has 0 aliphatic carbocycles. The molecule has 182 valence electrons. The summed E-state index contributed by atoms with van der Waals surface area (Å²) in [5.74, 6) is 0.571. The first kappa shape index (κ1) is 24.6. The highest BCUT2D eigenvalue weighted by atomic mass is 16.5. The molecule has 0 atom stereocenters. The molecule has 0 radical (unpaired) electrons. The number of hydrogen-bond acceptors (Lipinski definition) is 4. The first-order chi connectivity index (χ1) is 17.0. The number of amides is 1. The van der Waals surface area contributed by atoms with Crippen molar-refractivity contribution in [1.82, 2.24) is 5.32 Å². The smallest absolute Gasteiger partial charge is 0.244 e. The third-order valence-corrected chi connectivity index (χ3v) is 5.90. The van der Waals surface area contributed by atoms with Crippen LogP contribution in [0.4, 0.5) is 0 Å². The summed E-state index contributed by atoms with van der Waals surface area (Å²) in [6.45, 7) is 9.60. The van der Waals surface area contributed by atoms with Crippen LogP contribution in [0.25, 0.3) is 38.4 Å². The Hall–Kier alpha value is -3.57. The Morgan fingerprint density at radius 3 is 2.66 bits per heavy atom. The summed E-state index contributed by atoms with van der Waals surface area (Å²) >= 11 is 0. The molecule has 0 aliphatic heterocycles. The first-order valence-electron chi connectivity index (χ1n) is 12.2. The molecule has 0 unspecified atom stereocenters. The highest BCUT2D eigenvalue weighted by Gasteiger charge is 2.16. The Morgan fingerprint density at radius 2 is 1.86 bits per heavy atom. The zero-order chi connectivity index (χ0) is 24.8. The highest BCUT2D eigenvalue weighted by molar-refractivity contribution is 6.06. The van der Waals surface area contributed by atoms with E-state index < -0.39 is 0 Å². The predicted molar refractivity (Wildman–Crippen MR) is 143 cm³/mol. The van der Waals surface area contributed by atoms with Crippen molar-refractivity contribution in [2.45, 2.75) is 40.2 Å². The highest BCUT2D eigenvalue weighted by Crippen LogP contribution is 2.39. The largest absolute Gasteiger partial charge is 0.493 e. The van der Waals surface area contributed by atoms with Gasteiger partial charge in [0, 0.05) is 41.8 Å². The maximum atomic E-state index is 12.6. The van der Waals surface area contributed by atoms with Gasteiger partial charge in [0.15, 0.2) is 0 Å². The first-order valence-corrected chi connectivity index (χ1v) is 12.2. The number of rotatable bonds is 10. The van der Waals surface area contributed by atoms with Crippen LogP contribution in [0.3, 0.4) is 0 Å². The Morgan fingerprint density at radius 1 is 1.06 bits per heavy atom. The van der Waals surface area contributed by atoms with E-state index in [-0.39, 0.29) is 12.0 Å². The molecule has 5 nitrogen and oxygen atoms in total. The molecule has 0 fully saturated rings. The van der Waals surface area contributed by atoms with E-state index >= 15 is 0 Å². The van der Waals surface area contributed by atoms with Crippen molar-refractivity contribution in [3.8, 4) is 16.9 Å². The molecule has 0 bridgehead atoms. The van der Waals surface area contributed by atoms with Crippen molar-refractivity contribution in [3.63, 3.8) is 0 Å². The van der Waals surface area contributed by atoms with Gasteiger partial charge in [-0.05, 0) is 62.1 Å². The van der Waals surface area contributed by atoms with Crippen molar-refractivity contribution in [1.29, 1.82) is 0 Å². The van der Waals surface area contributed by atoms with Gasteiger partial charge in [-0.3, -0.25) is 4.79 Å². The second kappa shape index (κ2) is 11.2. The number of nitrogens with one attached hydrogen (secondary N) is 1. The second-order valence-corrected chi connectivity index (χ2v) is 8.85. The lowest BCUT2D eigenvalue weighted by atomic mass is 9.96. The average molecular weight is 472 g/mol. The van der Waals surface area contributed by atoms with E-state index in [0.29, 0.717) is 25.5 Å². The summed E-state index contributed by atoms with van der Waals surface area (Å²) in [6, 6.07) is 18.6. The van der Waals surface area contributed by atoms with Crippen molar-refractivity contribution in [2.24, 2.45) is 0 Å². The van der Waals surface area contributed by atoms with Crippen LogP contribution in [-0.4, -0.2) is 31.8 Å². The van der Waals surface area contributed by atoms with Gasteiger partial charge in [-0.25, -0.2) is 0 Å². The molecule has 1 heterocycles. The van der Waals surface area contributed by atoms with Crippen LogP contribution in [0, 0.1) is 0 Å². The molecular formula is C30H33NO4. The minimum Gasteiger partial charge on any atom is -0.493 e. The molecule has 1 amide bonds. The maximum absolute atomic E-state index is 12.6. The molecule has 3 aromatic carbocycles. The van der Waals surface area contributed by atoms with E-state index in [9.17, 15) is 4.79 Å². The Balaban J connectivity index is 1.66. The summed E-state index contributed by atoms with van der Waals surface area (Å²) in [7, 11) is 0. The van der Waals surface area contributed by atoms with Crippen molar-refractivity contribution in [2.75, 3.05) is 19.8 Å². The van der Waals surface area contributed by atoms with Gasteiger partial charge in [0.25, 0.3) is 0 Å². The maximum Gasteiger partial charge on any atom is 0.244 e. The lowest BCUT2D eigenvalue weighted by Crippen LogP contribution is -2.23. The lowest BCUT2D eigenvalue weighted by molar-refractivity contribution is -0.116. The SMILES string of the molecule is CCOc1cc2occ(-c3cccc4ccccc34)c2cc1/C(C)=C/C(=O)NCCCOC(C)C. The van der Waals surface area contributed by atoms with E-state index in [0.717, 1.165) is 39.7 Å². The fourth-order valence-corrected chi connectivity index (χ4v) is 4.24. The number of furan rings is 1. The second-order valence-electron chi connectivity index (χ2n) is 8.85. The van der Waals surface area contributed by atoms with Gasteiger partial charge in [0.05, 0.1) is 19.0 Å². The van der Waals surface area contributed by atoms with Crippen LogP contribution in [0.2, 0.25) is 0 Å². The van der Waals surface area contributed by atoms with Crippen molar-refractivity contribution < 1.29 is 18.7 Å². The topological polar surface area (TPSA) is 60.7 Å². The Kier molecular flexibility index (Phi) is 7.88. The van der Waals surface area contributed by atoms with Crippen LogP contribution >= 0.6 is 0 Å². The van der Waals surface area contributed by atoms with Gasteiger partial charge in [0.1, 0.15) is 11.3 Å². The minimum atomic E-state index is -0.129. The van der Waals surface area contributed by atoms with Gasteiger partial charge in [-0.1, -0.05) is 42.5 Å². The molecule has 1 aromatic heterocycles. The van der Waals surface area contributed by atoms with E-state index in [2.05, 4.69) is 41.7 Å². The molecule has 0 spiro atoms. The third kappa shape index (κ3) is 5.75. The molecular weight excluding hydrogens is 438 g/mol. The van der Waals surface area contributed by atoms with Crippen molar-refractivity contribution in [3.05, 3.63) is 72.5 Å². The van der Waals surface area contributed by atoms with Gasteiger partial charge in [-0.2, -0.15) is 0 Å².